The molecule has 1 N–H and O–H groups in total. The van der Waals surface area contributed by atoms with Gasteiger partial charge in [-0.05, 0) is 67.8 Å². The van der Waals surface area contributed by atoms with Crippen molar-refractivity contribution >= 4 is 0 Å². The van der Waals surface area contributed by atoms with Gasteiger partial charge in [-0.2, -0.15) is 5.10 Å². The van der Waals surface area contributed by atoms with E-state index in [1.807, 2.05) is 6.20 Å². The summed E-state index contributed by atoms with van der Waals surface area (Å²) in [4.78, 5) is 0. The third-order valence-electron chi connectivity index (χ3n) is 7.75. The van der Waals surface area contributed by atoms with E-state index in [1.165, 1.54) is 31.4 Å². The summed E-state index contributed by atoms with van der Waals surface area (Å²) in [5.74, 6) is 1.52. The van der Waals surface area contributed by atoms with Crippen LogP contribution in [0.2, 0.25) is 0 Å². The van der Waals surface area contributed by atoms with Gasteiger partial charge in [0.15, 0.2) is 0 Å². The van der Waals surface area contributed by atoms with Gasteiger partial charge in [0, 0.05) is 18.4 Å². The van der Waals surface area contributed by atoms with Crippen molar-refractivity contribution in [1.82, 2.24) is 9.78 Å². The van der Waals surface area contributed by atoms with Gasteiger partial charge in [-0.1, -0.05) is 13.8 Å². The molecular weight excluding hydrogens is 328 g/mol. The summed E-state index contributed by atoms with van der Waals surface area (Å²) >= 11 is 0. The van der Waals surface area contributed by atoms with Crippen LogP contribution in [0.25, 0.3) is 0 Å². The van der Waals surface area contributed by atoms with Gasteiger partial charge in [0.1, 0.15) is 0 Å². The lowest BCUT2D eigenvalue weighted by atomic mass is 9.40. The molecule has 4 saturated carbocycles. The monoisotopic (exact) mass is 362 g/mol. The Labute approximate surface area is 157 Å². The van der Waals surface area contributed by atoms with Crippen molar-refractivity contribution in [3.8, 4) is 0 Å². The lowest BCUT2D eigenvalue weighted by Gasteiger charge is -2.69. The average Bonchev–Trinajstić information content (AvgIpc) is 2.97. The number of nitrogens with zero attached hydrogens (tertiary/aromatic N) is 2. The Morgan fingerprint density at radius 2 is 2.08 bits per heavy atom. The van der Waals surface area contributed by atoms with Crippen LogP contribution < -0.4 is 0 Å². The summed E-state index contributed by atoms with van der Waals surface area (Å²) in [6, 6.07) is 2.11. The standard InChI is InChI=1S/C21H34N2O3/c1-16-4-5-22-23(16)15-20-11-17-10-18(13-20)19(2,3)21(12-17,14-20)26-9-8-25-7-6-24/h4-5,17-18,24H,6-15H2,1-3H3. The fourth-order valence-electron chi connectivity index (χ4n) is 6.47. The zero-order chi connectivity index (χ0) is 18.4. The molecule has 0 saturated heterocycles. The molecule has 4 fully saturated rings. The molecule has 146 valence electrons. The highest BCUT2D eigenvalue weighted by molar-refractivity contribution is 5.17. The number of hydrogen-bond donors (Lipinski definition) is 1. The van der Waals surface area contributed by atoms with E-state index in [2.05, 4.69) is 36.6 Å². The molecule has 0 spiro atoms. The quantitative estimate of drug-likeness (QED) is 0.722. The van der Waals surface area contributed by atoms with E-state index in [0.29, 0.717) is 25.2 Å². The van der Waals surface area contributed by atoms with Gasteiger partial charge < -0.3 is 14.6 Å². The first kappa shape index (κ1) is 18.5. The number of ether oxygens (including phenoxy) is 2. The molecule has 0 radical (unpaired) electrons. The highest BCUT2D eigenvalue weighted by Gasteiger charge is 2.66. The molecule has 0 aromatic carbocycles. The highest BCUT2D eigenvalue weighted by Crippen LogP contribution is 2.69. The Morgan fingerprint density at radius 1 is 1.23 bits per heavy atom. The van der Waals surface area contributed by atoms with Crippen molar-refractivity contribution in [1.29, 1.82) is 0 Å². The second kappa shape index (κ2) is 6.61. The first-order valence-electron chi connectivity index (χ1n) is 10.2. The van der Waals surface area contributed by atoms with E-state index in [0.717, 1.165) is 24.8 Å². The molecule has 4 aliphatic rings. The van der Waals surface area contributed by atoms with Crippen molar-refractivity contribution < 1.29 is 14.6 Å². The summed E-state index contributed by atoms with van der Waals surface area (Å²) in [6.45, 7) is 9.70. The molecule has 4 aliphatic carbocycles. The van der Waals surface area contributed by atoms with Crippen LogP contribution in [0.4, 0.5) is 0 Å². The van der Waals surface area contributed by atoms with Gasteiger partial charge in [-0.25, -0.2) is 0 Å². The van der Waals surface area contributed by atoms with Crippen molar-refractivity contribution in [2.45, 2.75) is 65.0 Å². The maximum atomic E-state index is 8.88. The first-order chi connectivity index (χ1) is 12.4. The van der Waals surface area contributed by atoms with Gasteiger partial charge in [0.05, 0.1) is 32.0 Å². The number of rotatable bonds is 8. The predicted molar refractivity (Wildman–Crippen MR) is 99.8 cm³/mol. The minimum absolute atomic E-state index is 0.0410. The third-order valence-corrected chi connectivity index (χ3v) is 7.75. The van der Waals surface area contributed by atoms with E-state index in [1.54, 1.807) is 0 Å². The molecule has 0 amide bonds. The smallest absolute Gasteiger partial charge is 0.0745 e. The molecular formula is C21H34N2O3. The molecule has 1 aromatic rings. The maximum absolute atomic E-state index is 8.88. The third kappa shape index (κ3) is 2.92. The minimum atomic E-state index is -0.0410. The number of hydrogen-bond acceptors (Lipinski definition) is 4. The summed E-state index contributed by atoms with van der Waals surface area (Å²) in [7, 11) is 0. The van der Waals surface area contributed by atoms with E-state index in [-0.39, 0.29) is 17.6 Å². The molecule has 26 heavy (non-hydrogen) atoms. The lowest BCUT2D eigenvalue weighted by Crippen LogP contribution is -2.67. The van der Waals surface area contributed by atoms with Crippen molar-refractivity contribution in [3.63, 3.8) is 0 Å². The summed E-state index contributed by atoms with van der Waals surface area (Å²) in [5.41, 5.74) is 1.75. The molecule has 0 aliphatic heterocycles. The molecule has 5 heteroatoms. The van der Waals surface area contributed by atoms with Crippen LogP contribution in [0.3, 0.4) is 0 Å². The number of aliphatic hydroxyl groups excluding tert-OH is 1. The molecule has 5 nitrogen and oxygen atoms in total. The second-order valence-electron chi connectivity index (χ2n) is 9.62. The van der Waals surface area contributed by atoms with Gasteiger partial charge in [-0.15, -0.1) is 0 Å². The van der Waals surface area contributed by atoms with E-state index in [4.69, 9.17) is 14.6 Å². The Balaban J connectivity index is 1.54. The van der Waals surface area contributed by atoms with Crippen molar-refractivity contribution in [2.75, 3.05) is 26.4 Å². The summed E-state index contributed by atoms with van der Waals surface area (Å²) in [6.07, 6.45) is 8.24. The number of aliphatic hydroxyl groups is 1. The van der Waals surface area contributed by atoms with E-state index >= 15 is 0 Å². The van der Waals surface area contributed by atoms with Gasteiger partial charge >= 0.3 is 0 Å². The summed E-state index contributed by atoms with van der Waals surface area (Å²) < 4.78 is 14.3. The topological polar surface area (TPSA) is 56.5 Å². The molecule has 4 atom stereocenters. The Morgan fingerprint density at radius 3 is 2.81 bits per heavy atom. The fraction of sp³-hybridized carbons (Fsp3) is 0.857. The Bertz CT molecular complexity index is 643. The predicted octanol–water partition coefficient (Wildman–Crippen LogP) is 3.19. The SMILES string of the molecule is Cc1ccnn1CC12CC3CC(C1)C(C)(C)C(OCCOCCO)(C3)C2. The van der Waals surface area contributed by atoms with Crippen LogP contribution in [0, 0.1) is 29.6 Å². The molecule has 1 aromatic heterocycles. The largest absolute Gasteiger partial charge is 0.394 e. The molecule has 4 bridgehead atoms. The Hall–Kier alpha value is -0.910. The highest BCUT2D eigenvalue weighted by atomic mass is 16.5. The van der Waals surface area contributed by atoms with Crippen LogP contribution in [-0.4, -0.2) is 46.9 Å². The van der Waals surface area contributed by atoms with E-state index < -0.39 is 0 Å². The van der Waals surface area contributed by atoms with Crippen LogP contribution in [0.15, 0.2) is 12.3 Å². The van der Waals surface area contributed by atoms with Gasteiger partial charge in [-0.3, -0.25) is 4.68 Å². The number of aryl methyl sites for hydroxylation is 1. The normalized spacial score (nSPS) is 37.4. The Kier molecular flexibility index (Phi) is 4.69. The zero-order valence-electron chi connectivity index (χ0n) is 16.5. The second-order valence-corrected chi connectivity index (χ2v) is 9.62. The summed E-state index contributed by atoms with van der Waals surface area (Å²) in [5, 5.41) is 13.5. The minimum Gasteiger partial charge on any atom is -0.394 e. The van der Waals surface area contributed by atoms with Crippen LogP contribution in [0.5, 0.6) is 0 Å². The average molecular weight is 363 g/mol. The van der Waals surface area contributed by atoms with Crippen LogP contribution >= 0.6 is 0 Å². The van der Waals surface area contributed by atoms with Crippen LogP contribution in [0.1, 0.15) is 51.6 Å². The molecule has 1 heterocycles. The zero-order valence-corrected chi connectivity index (χ0v) is 16.5. The van der Waals surface area contributed by atoms with Gasteiger partial charge in [0.2, 0.25) is 0 Å². The lowest BCUT2D eigenvalue weighted by molar-refractivity contribution is -0.269. The maximum Gasteiger partial charge on any atom is 0.0745 e. The van der Waals surface area contributed by atoms with Crippen LogP contribution in [-0.2, 0) is 16.0 Å². The van der Waals surface area contributed by atoms with E-state index in [9.17, 15) is 0 Å². The van der Waals surface area contributed by atoms with Crippen molar-refractivity contribution in [2.24, 2.45) is 22.7 Å². The van der Waals surface area contributed by atoms with Gasteiger partial charge in [0.25, 0.3) is 0 Å². The number of aromatic nitrogens is 2. The fourth-order valence-corrected chi connectivity index (χ4v) is 6.47. The molecule has 5 rings (SSSR count). The molecule has 4 unspecified atom stereocenters. The first-order valence-corrected chi connectivity index (χ1v) is 10.2. The van der Waals surface area contributed by atoms with Crippen molar-refractivity contribution in [3.05, 3.63) is 18.0 Å².